The Morgan fingerprint density at radius 2 is 1.56 bits per heavy atom. The number of rotatable bonds is 8. The van der Waals surface area contributed by atoms with Gasteiger partial charge in [0.25, 0.3) is 10.0 Å². The molecule has 0 unspecified atom stereocenters. The molecule has 0 bridgehead atoms. The first-order valence-electron chi connectivity index (χ1n) is 10.2. The Morgan fingerprint density at radius 1 is 0.938 bits per heavy atom. The summed E-state index contributed by atoms with van der Waals surface area (Å²) in [5.74, 6) is 0.458. The van der Waals surface area contributed by atoms with Crippen LogP contribution in [0.4, 0.5) is 11.4 Å². The van der Waals surface area contributed by atoms with Gasteiger partial charge < -0.3 is 10.1 Å². The van der Waals surface area contributed by atoms with E-state index in [1.807, 2.05) is 63.2 Å². The number of carbonyl (C=O) groups is 1. The normalized spacial score (nSPS) is 11.3. The third kappa shape index (κ3) is 5.98. The van der Waals surface area contributed by atoms with Crippen LogP contribution in [0.15, 0.2) is 77.7 Å². The molecule has 0 spiro atoms. The number of aryl methyl sites for hydroxylation is 2. The van der Waals surface area contributed by atoms with Gasteiger partial charge in [0.1, 0.15) is 5.75 Å². The quantitative estimate of drug-likeness (QED) is 0.465. The highest BCUT2D eigenvalue weighted by molar-refractivity contribution is 7.92. The van der Waals surface area contributed by atoms with Gasteiger partial charge in [-0.2, -0.15) is 0 Å². The van der Waals surface area contributed by atoms with Crippen LogP contribution >= 0.6 is 0 Å². The molecule has 6 nitrogen and oxygen atoms in total. The van der Waals surface area contributed by atoms with Crippen molar-refractivity contribution in [3.05, 3.63) is 89.5 Å². The molecule has 0 aliphatic heterocycles. The lowest BCUT2D eigenvalue weighted by atomic mass is 10.1. The van der Waals surface area contributed by atoms with Crippen LogP contribution < -0.4 is 14.8 Å². The molecule has 3 aromatic rings. The van der Waals surface area contributed by atoms with E-state index in [0.29, 0.717) is 18.0 Å². The highest BCUT2D eigenvalue weighted by Gasteiger charge is 2.16. The van der Waals surface area contributed by atoms with Gasteiger partial charge in [0.15, 0.2) is 0 Å². The Morgan fingerprint density at radius 3 is 2.16 bits per heavy atom. The van der Waals surface area contributed by atoms with E-state index in [0.717, 1.165) is 22.4 Å². The molecule has 0 aromatic heterocycles. The van der Waals surface area contributed by atoms with Crippen molar-refractivity contribution in [1.82, 2.24) is 0 Å². The second-order valence-electron chi connectivity index (χ2n) is 7.22. The molecule has 0 atom stereocenters. The lowest BCUT2D eigenvalue weighted by molar-refractivity contribution is -0.111. The number of sulfonamides is 1. The molecule has 2 N–H and O–H groups in total. The fourth-order valence-electron chi connectivity index (χ4n) is 3.08. The van der Waals surface area contributed by atoms with E-state index in [-0.39, 0.29) is 10.8 Å². The maximum atomic E-state index is 12.7. The zero-order chi connectivity index (χ0) is 23.1. The Kier molecular flexibility index (Phi) is 7.33. The second-order valence-corrected chi connectivity index (χ2v) is 8.90. The number of para-hydroxylation sites is 1. The summed E-state index contributed by atoms with van der Waals surface area (Å²) in [5, 5.41) is 2.72. The number of benzene rings is 3. The van der Waals surface area contributed by atoms with Crippen molar-refractivity contribution in [1.29, 1.82) is 0 Å². The minimum atomic E-state index is -3.74. The molecular formula is C25H26N2O4S. The van der Waals surface area contributed by atoms with Crippen LogP contribution in [0.5, 0.6) is 5.75 Å². The van der Waals surface area contributed by atoms with E-state index in [1.165, 1.54) is 18.2 Å². The standard InChI is InChI=1S/C25H26N2O4S/c1-4-31-22-13-8-20(9-14-22)10-17-24(28)26-21-11-15-23(16-12-21)32(29,30)27-25-18(2)6-5-7-19(25)3/h5-17,27H,4H2,1-3H3,(H,26,28)/b17-10+. The Labute approximate surface area is 189 Å². The van der Waals surface area contributed by atoms with Gasteiger partial charge in [-0.1, -0.05) is 30.3 Å². The van der Waals surface area contributed by atoms with Crippen molar-refractivity contribution >= 4 is 33.4 Å². The van der Waals surface area contributed by atoms with Crippen molar-refractivity contribution in [3.63, 3.8) is 0 Å². The summed E-state index contributed by atoms with van der Waals surface area (Å²) in [4.78, 5) is 12.3. The fourth-order valence-corrected chi connectivity index (χ4v) is 4.29. The summed E-state index contributed by atoms with van der Waals surface area (Å²) < 4.78 is 33.5. The number of hydrogen-bond acceptors (Lipinski definition) is 4. The van der Waals surface area contributed by atoms with Crippen LogP contribution in [0.3, 0.4) is 0 Å². The van der Waals surface area contributed by atoms with Crippen molar-refractivity contribution in [3.8, 4) is 5.75 Å². The van der Waals surface area contributed by atoms with Crippen LogP contribution in [0, 0.1) is 13.8 Å². The fraction of sp³-hybridized carbons (Fsp3) is 0.160. The van der Waals surface area contributed by atoms with Crippen molar-refractivity contribution in [2.45, 2.75) is 25.7 Å². The highest BCUT2D eigenvalue weighted by atomic mass is 32.2. The molecule has 3 rings (SSSR count). The Bertz CT molecular complexity index is 1200. The molecule has 0 saturated carbocycles. The number of amides is 1. The van der Waals surface area contributed by atoms with Gasteiger partial charge in [0, 0.05) is 11.8 Å². The molecule has 0 fully saturated rings. The summed E-state index contributed by atoms with van der Waals surface area (Å²) in [5.41, 5.74) is 3.62. The van der Waals surface area contributed by atoms with E-state index >= 15 is 0 Å². The molecule has 166 valence electrons. The highest BCUT2D eigenvalue weighted by Crippen LogP contribution is 2.24. The summed E-state index contributed by atoms with van der Waals surface area (Å²) in [6.07, 6.45) is 3.11. The largest absolute Gasteiger partial charge is 0.494 e. The predicted octanol–water partition coefficient (Wildman–Crippen LogP) is 5.15. The average molecular weight is 451 g/mol. The molecule has 32 heavy (non-hydrogen) atoms. The van der Waals surface area contributed by atoms with Crippen LogP contribution in [0.25, 0.3) is 6.08 Å². The molecule has 1 amide bonds. The lowest BCUT2D eigenvalue weighted by Gasteiger charge is -2.13. The third-order valence-corrected chi connectivity index (χ3v) is 6.13. The molecule has 0 heterocycles. The van der Waals surface area contributed by atoms with E-state index < -0.39 is 10.0 Å². The van der Waals surface area contributed by atoms with E-state index in [4.69, 9.17) is 4.74 Å². The van der Waals surface area contributed by atoms with Gasteiger partial charge in [-0.05, 0) is 79.9 Å². The smallest absolute Gasteiger partial charge is 0.261 e. The second kappa shape index (κ2) is 10.2. The molecule has 0 saturated heterocycles. The molecule has 7 heteroatoms. The van der Waals surface area contributed by atoms with Gasteiger partial charge in [0.05, 0.1) is 17.2 Å². The predicted molar refractivity (Wildman–Crippen MR) is 128 cm³/mol. The summed E-state index contributed by atoms with van der Waals surface area (Å²) in [6.45, 7) is 6.22. The number of ether oxygens (including phenoxy) is 1. The van der Waals surface area contributed by atoms with Gasteiger partial charge in [0.2, 0.25) is 5.91 Å². The maximum Gasteiger partial charge on any atom is 0.261 e. The summed E-state index contributed by atoms with van der Waals surface area (Å²) in [7, 11) is -3.74. The van der Waals surface area contributed by atoms with Crippen molar-refractivity contribution in [2.24, 2.45) is 0 Å². The zero-order valence-electron chi connectivity index (χ0n) is 18.3. The van der Waals surface area contributed by atoms with Crippen molar-refractivity contribution < 1.29 is 17.9 Å². The van der Waals surface area contributed by atoms with Gasteiger partial charge in [-0.25, -0.2) is 8.42 Å². The maximum absolute atomic E-state index is 12.7. The van der Waals surface area contributed by atoms with Crippen LogP contribution in [-0.2, 0) is 14.8 Å². The van der Waals surface area contributed by atoms with E-state index in [9.17, 15) is 13.2 Å². The molecule has 3 aromatic carbocycles. The minimum absolute atomic E-state index is 0.114. The van der Waals surface area contributed by atoms with E-state index in [2.05, 4.69) is 10.0 Å². The number of anilines is 2. The molecule has 0 aliphatic rings. The summed E-state index contributed by atoms with van der Waals surface area (Å²) >= 11 is 0. The monoisotopic (exact) mass is 450 g/mol. The summed E-state index contributed by atoms with van der Waals surface area (Å²) in [6, 6.07) is 19.0. The molecule has 0 aliphatic carbocycles. The first-order valence-corrected chi connectivity index (χ1v) is 11.7. The van der Waals surface area contributed by atoms with Gasteiger partial charge >= 0.3 is 0 Å². The van der Waals surface area contributed by atoms with Crippen LogP contribution in [0.2, 0.25) is 0 Å². The number of carbonyl (C=O) groups excluding carboxylic acids is 1. The van der Waals surface area contributed by atoms with Crippen LogP contribution in [0.1, 0.15) is 23.6 Å². The molecule has 0 radical (unpaired) electrons. The SMILES string of the molecule is CCOc1ccc(/C=C/C(=O)Nc2ccc(S(=O)(=O)Nc3c(C)cccc3C)cc2)cc1. The Balaban J connectivity index is 1.64. The average Bonchev–Trinajstić information content (AvgIpc) is 2.77. The first kappa shape index (κ1) is 23.1. The van der Waals surface area contributed by atoms with Gasteiger partial charge in [-0.3, -0.25) is 9.52 Å². The molecular weight excluding hydrogens is 424 g/mol. The third-order valence-electron chi connectivity index (χ3n) is 4.77. The van der Waals surface area contributed by atoms with Gasteiger partial charge in [-0.15, -0.1) is 0 Å². The minimum Gasteiger partial charge on any atom is -0.494 e. The lowest BCUT2D eigenvalue weighted by Crippen LogP contribution is -2.15. The van der Waals surface area contributed by atoms with E-state index in [1.54, 1.807) is 18.2 Å². The Hall–Kier alpha value is -3.58. The van der Waals surface area contributed by atoms with Crippen molar-refractivity contribution in [2.75, 3.05) is 16.6 Å². The zero-order valence-corrected chi connectivity index (χ0v) is 19.1. The number of nitrogens with one attached hydrogen (secondary N) is 2. The number of hydrogen-bond donors (Lipinski definition) is 2. The topological polar surface area (TPSA) is 84.5 Å². The first-order chi connectivity index (χ1) is 15.3. The van der Waals surface area contributed by atoms with Crippen LogP contribution in [-0.4, -0.2) is 20.9 Å².